The van der Waals surface area contributed by atoms with Gasteiger partial charge in [0.2, 0.25) is 0 Å². The van der Waals surface area contributed by atoms with E-state index in [2.05, 4.69) is 15.6 Å². The first-order valence-corrected chi connectivity index (χ1v) is 11.1. The largest absolute Gasteiger partial charge is 0.356 e. The molecule has 1 aromatic rings. The van der Waals surface area contributed by atoms with E-state index in [0.717, 1.165) is 24.8 Å². The maximum atomic E-state index is 12.0. The van der Waals surface area contributed by atoms with Crippen molar-refractivity contribution < 1.29 is 13.2 Å². The van der Waals surface area contributed by atoms with Gasteiger partial charge in [0, 0.05) is 51.5 Å². The summed E-state index contributed by atoms with van der Waals surface area (Å²) in [5, 5.41) is 6.49. The minimum Gasteiger partial charge on any atom is -0.356 e. The molecule has 0 bridgehead atoms. The Morgan fingerprint density at radius 1 is 1.26 bits per heavy atom. The van der Waals surface area contributed by atoms with Crippen LogP contribution in [0.15, 0.2) is 29.3 Å². The molecular formula is C19H30N4O3S. The summed E-state index contributed by atoms with van der Waals surface area (Å²) in [7, 11) is 2.20. The molecule has 2 N–H and O–H groups in total. The Kier molecular flexibility index (Phi) is 6.86. The Morgan fingerprint density at radius 2 is 1.96 bits per heavy atom. The highest BCUT2D eigenvalue weighted by atomic mass is 32.2. The van der Waals surface area contributed by atoms with Crippen molar-refractivity contribution in [2.75, 3.05) is 46.2 Å². The van der Waals surface area contributed by atoms with Crippen molar-refractivity contribution in [2.45, 2.75) is 19.3 Å². The first kappa shape index (κ1) is 21.2. The number of guanidine groups is 1. The van der Waals surface area contributed by atoms with Gasteiger partial charge in [-0.25, -0.2) is 8.42 Å². The number of rotatable bonds is 8. The van der Waals surface area contributed by atoms with E-state index in [4.69, 9.17) is 0 Å². The van der Waals surface area contributed by atoms with Gasteiger partial charge in [-0.1, -0.05) is 12.1 Å². The fourth-order valence-corrected chi connectivity index (χ4v) is 4.54. The number of nitrogens with one attached hydrogen (secondary N) is 2. The van der Waals surface area contributed by atoms with Crippen LogP contribution in [0.25, 0.3) is 0 Å². The monoisotopic (exact) mass is 394 g/mol. The first-order valence-electron chi connectivity index (χ1n) is 9.07. The van der Waals surface area contributed by atoms with Crippen LogP contribution in [0.4, 0.5) is 0 Å². The van der Waals surface area contributed by atoms with Gasteiger partial charge in [-0.2, -0.15) is 0 Å². The molecule has 0 aromatic heterocycles. The van der Waals surface area contributed by atoms with Crippen LogP contribution in [-0.4, -0.2) is 71.4 Å². The molecule has 0 atom stereocenters. The van der Waals surface area contributed by atoms with Crippen LogP contribution < -0.4 is 10.6 Å². The van der Waals surface area contributed by atoms with E-state index in [-0.39, 0.29) is 17.1 Å². The maximum Gasteiger partial charge on any atom is 0.253 e. The number of aliphatic imine (C=N–C) groups is 1. The van der Waals surface area contributed by atoms with Gasteiger partial charge in [0.1, 0.15) is 9.84 Å². The fraction of sp³-hybridized carbons (Fsp3) is 0.579. The van der Waals surface area contributed by atoms with Crippen molar-refractivity contribution in [1.82, 2.24) is 15.5 Å². The van der Waals surface area contributed by atoms with Gasteiger partial charge in [0.15, 0.2) is 5.96 Å². The summed E-state index contributed by atoms with van der Waals surface area (Å²) in [5.74, 6) is 0.870. The summed E-state index contributed by atoms with van der Waals surface area (Å²) in [4.78, 5) is 17.8. The molecule has 1 aromatic carbocycles. The molecule has 1 aliphatic rings. The number of carbonyl (C=O) groups excluding carboxylic acids is 1. The third-order valence-electron chi connectivity index (χ3n) is 4.67. The Morgan fingerprint density at radius 3 is 2.52 bits per heavy atom. The summed E-state index contributed by atoms with van der Waals surface area (Å²) in [5.41, 5.74) is 1.60. The lowest BCUT2D eigenvalue weighted by molar-refractivity contribution is 0.0827. The van der Waals surface area contributed by atoms with E-state index >= 15 is 0 Å². The molecule has 1 fully saturated rings. The van der Waals surface area contributed by atoms with Crippen LogP contribution in [0.1, 0.15) is 28.8 Å². The lowest BCUT2D eigenvalue weighted by atomic mass is 10.1. The summed E-state index contributed by atoms with van der Waals surface area (Å²) < 4.78 is 23.1. The lowest BCUT2D eigenvalue weighted by Gasteiger charge is -2.18. The molecular weight excluding hydrogens is 364 g/mol. The van der Waals surface area contributed by atoms with Gasteiger partial charge in [-0.3, -0.25) is 9.79 Å². The van der Waals surface area contributed by atoms with Gasteiger partial charge < -0.3 is 15.5 Å². The molecule has 7 nitrogen and oxygen atoms in total. The van der Waals surface area contributed by atoms with Crippen LogP contribution in [0.5, 0.6) is 0 Å². The number of amides is 1. The lowest BCUT2D eigenvalue weighted by Crippen LogP contribution is -2.42. The number of hydrogen-bond acceptors (Lipinski definition) is 4. The summed E-state index contributed by atoms with van der Waals surface area (Å²) >= 11 is 0. The van der Waals surface area contributed by atoms with Crippen LogP contribution in [0.3, 0.4) is 0 Å². The predicted molar refractivity (Wildman–Crippen MR) is 109 cm³/mol. The van der Waals surface area contributed by atoms with Crippen LogP contribution in [-0.2, 0) is 16.3 Å². The average molecular weight is 395 g/mol. The number of sulfone groups is 1. The van der Waals surface area contributed by atoms with E-state index in [0.29, 0.717) is 24.6 Å². The molecule has 1 aliphatic carbocycles. The van der Waals surface area contributed by atoms with Gasteiger partial charge in [-0.15, -0.1) is 0 Å². The van der Waals surface area contributed by atoms with Crippen molar-refractivity contribution in [3.05, 3.63) is 35.4 Å². The number of nitrogens with zero attached hydrogens (tertiary/aromatic N) is 2. The van der Waals surface area contributed by atoms with Crippen LogP contribution in [0.2, 0.25) is 0 Å². The van der Waals surface area contributed by atoms with E-state index in [1.807, 2.05) is 24.3 Å². The number of benzene rings is 1. The van der Waals surface area contributed by atoms with Gasteiger partial charge >= 0.3 is 0 Å². The van der Waals surface area contributed by atoms with Crippen molar-refractivity contribution in [1.29, 1.82) is 0 Å². The topological polar surface area (TPSA) is 90.9 Å². The Bertz CT molecular complexity index is 799. The molecule has 1 amide bonds. The highest BCUT2D eigenvalue weighted by Gasteiger charge is 2.45. The molecule has 8 heteroatoms. The second kappa shape index (κ2) is 8.73. The molecule has 0 radical (unpaired) electrons. The van der Waals surface area contributed by atoms with Gasteiger partial charge in [-0.05, 0) is 37.0 Å². The number of carbonyl (C=O) groups is 1. The molecule has 1 saturated carbocycles. The zero-order valence-electron chi connectivity index (χ0n) is 16.6. The van der Waals surface area contributed by atoms with Crippen molar-refractivity contribution in [3.8, 4) is 0 Å². The van der Waals surface area contributed by atoms with Crippen molar-refractivity contribution in [3.63, 3.8) is 0 Å². The third kappa shape index (κ3) is 6.86. The smallest absolute Gasteiger partial charge is 0.253 e. The number of hydrogen-bond donors (Lipinski definition) is 2. The summed E-state index contributed by atoms with van der Waals surface area (Å²) in [6, 6.07) is 7.61. The highest BCUT2D eigenvalue weighted by Crippen LogP contribution is 2.45. The second-order valence-electron chi connectivity index (χ2n) is 7.57. The van der Waals surface area contributed by atoms with Crippen LogP contribution >= 0.6 is 0 Å². The van der Waals surface area contributed by atoms with E-state index < -0.39 is 9.84 Å². The fourth-order valence-electron chi connectivity index (χ4n) is 3.04. The summed E-state index contributed by atoms with van der Waals surface area (Å²) in [6.07, 6.45) is 3.90. The molecule has 0 saturated heterocycles. The van der Waals surface area contributed by atoms with E-state index in [1.54, 1.807) is 26.0 Å². The maximum absolute atomic E-state index is 12.0. The van der Waals surface area contributed by atoms with E-state index in [9.17, 15) is 13.2 Å². The summed E-state index contributed by atoms with van der Waals surface area (Å²) in [6.45, 7) is 1.27. The predicted octanol–water partition coefficient (Wildman–Crippen LogP) is 0.921. The van der Waals surface area contributed by atoms with Crippen molar-refractivity contribution >= 4 is 21.7 Å². The third-order valence-corrected chi connectivity index (χ3v) is 5.80. The minimum atomic E-state index is -2.98. The zero-order chi connectivity index (χ0) is 20.1. The van der Waals surface area contributed by atoms with Gasteiger partial charge in [0.25, 0.3) is 5.91 Å². The standard InChI is InChI=1S/C19H30N4O3S/c1-20-18(22-13-19(9-10-19)14-27(4,25)26)21-11-8-15-6-5-7-16(12-15)17(24)23(2)3/h5-7,12H,8-11,13-14H2,1-4H3,(H2,20,21,22). The minimum absolute atomic E-state index is 0.0112. The average Bonchev–Trinajstić information content (AvgIpc) is 3.35. The molecule has 27 heavy (non-hydrogen) atoms. The molecule has 0 aliphatic heterocycles. The second-order valence-corrected chi connectivity index (χ2v) is 9.71. The quantitative estimate of drug-likeness (QED) is 0.505. The Balaban J connectivity index is 1.82. The SMILES string of the molecule is CN=C(NCCc1cccc(C(=O)N(C)C)c1)NCC1(CS(C)(=O)=O)CC1. The molecule has 150 valence electrons. The zero-order valence-corrected chi connectivity index (χ0v) is 17.4. The Hall–Kier alpha value is -2.09. The van der Waals surface area contributed by atoms with Crippen LogP contribution in [0, 0.1) is 5.41 Å². The van der Waals surface area contributed by atoms with E-state index in [1.165, 1.54) is 6.26 Å². The molecule has 2 rings (SSSR count). The normalized spacial score (nSPS) is 15.9. The molecule has 0 spiro atoms. The van der Waals surface area contributed by atoms with Crippen molar-refractivity contribution in [2.24, 2.45) is 10.4 Å². The molecule has 0 unspecified atom stereocenters. The Labute approximate surface area is 162 Å². The first-order chi connectivity index (χ1) is 12.6. The highest BCUT2D eigenvalue weighted by molar-refractivity contribution is 7.90. The van der Waals surface area contributed by atoms with Gasteiger partial charge in [0.05, 0.1) is 5.75 Å². The molecule has 0 heterocycles.